The van der Waals surface area contributed by atoms with Gasteiger partial charge in [0.05, 0.1) is 11.9 Å². The number of hydrogen-bond donors (Lipinski definition) is 2. The van der Waals surface area contributed by atoms with Crippen molar-refractivity contribution in [2.24, 2.45) is 5.16 Å². The van der Waals surface area contributed by atoms with Crippen LogP contribution in [0.15, 0.2) is 17.3 Å². The molecule has 0 fully saturated rings. The summed E-state index contributed by atoms with van der Waals surface area (Å²) in [5, 5.41) is 14.5. The molecular weight excluding hydrogens is 166 g/mol. The Kier molecular flexibility index (Phi) is 2.12. The summed E-state index contributed by atoms with van der Waals surface area (Å²) >= 11 is 0. The van der Waals surface area contributed by atoms with Crippen LogP contribution < -0.4 is 5.32 Å². The van der Waals surface area contributed by atoms with Gasteiger partial charge in [-0.25, -0.2) is 4.98 Å². The summed E-state index contributed by atoms with van der Waals surface area (Å²) in [6, 6.07) is 3.87. The maximum absolute atomic E-state index is 8.33. The van der Waals surface area contributed by atoms with Gasteiger partial charge in [-0.1, -0.05) is 11.2 Å². The molecule has 2 N–H and O–H groups in total. The number of pyridine rings is 1. The highest BCUT2D eigenvalue weighted by molar-refractivity contribution is 5.77. The molecule has 0 radical (unpaired) electrons. The minimum atomic E-state index is 0.677. The molecule has 4 heteroatoms. The fraction of sp³-hybridized carbons (Fsp3) is 0.333. The van der Waals surface area contributed by atoms with Gasteiger partial charge in [0.25, 0.3) is 0 Å². The van der Waals surface area contributed by atoms with Crippen molar-refractivity contribution < 1.29 is 5.21 Å². The lowest BCUT2D eigenvalue weighted by molar-refractivity contribution is 0.321. The summed E-state index contributed by atoms with van der Waals surface area (Å²) < 4.78 is 0. The van der Waals surface area contributed by atoms with E-state index in [1.165, 1.54) is 11.8 Å². The Morgan fingerprint density at radius 3 is 3.31 bits per heavy atom. The van der Waals surface area contributed by atoms with Gasteiger partial charge >= 0.3 is 0 Å². The first-order valence-corrected chi connectivity index (χ1v) is 4.31. The Hall–Kier alpha value is -1.58. The zero-order chi connectivity index (χ0) is 9.10. The molecule has 2 rings (SSSR count). The van der Waals surface area contributed by atoms with Crippen molar-refractivity contribution in [1.82, 2.24) is 4.98 Å². The van der Waals surface area contributed by atoms with Crippen LogP contribution in [-0.4, -0.2) is 23.0 Å². The molecule has 0 spiro atoms. The van der Waals surface area contributed by atoms with E-state index in [4.69, 9.17) is 5.21 Å². The third kappa shape index (κ3) is 1.61. The number of aromatic nitrogens is 1. The summed E-state index contributed by atoms with van der Waals surface area (Å²) in [7, 11) is 0. The number of anilines is 1. The highest BCUT2D eigenvalue weighted by Crippen LogP contribution is 2.18. The molecule has 0 amide bonds. The van der Waals surface area contributed by atoms with Crippen LogP contribution in [0.25, 0.3) is 0 Å². The van der Waals surface area contributed by atoms with E-state index >= 15 is 0 Å². The predicted octanol–water partition coefficient (Wildman–Crippen LogP) is 1.25. The first kappa shape index (κ1) is 8.04. The number of fused-ring (bicyclic) bond motifs is 1. The molecule has 0 saturated heterocycles. The lowest BCUT2D eigenvalue weighted by Crippen LogP contribution is -2.13. The standard InChI is InChI=1S/C9H11N3O/c13-11-6-8-4-3-7-2-1-5-10-9(7)12-8/h3-4,6,13H,1-2,5H2,(H,10,12)/b11-6+. The highest BCUT2D eigenvalue weighted by Gasteiger charge is 2.09. The zero-order valence-corrected chi connectivity index (χ0v) is 7.20. The fourth-order valence-corrected chi connectivity index (χ4v) is 1.47. The molecule has 1 aliphatic rings. The Morgan fingerprint density at radius 2 is 2.46 bits per heavy atom. The van der Waals surface area contributed by atoms with Crippen LogP contribution in [-0.2, 0) is 6.42 Å². The van der Waals surface area contributed by atoms with Crippen LogP contribution in [0.1, 0.15) is 17.7 Å². The summed E-state index contributed by atoms with van der Waals surface area (Å²) in [4.78, 5) is 4.28. The van der Waals surface area contributed by atoms with Gasteiger partial charge in [-0.2, -0.15) is 0 Å². The van der Waals surface area contributed by atoms with Crippen molar-refractivity contribution in [3.8, 4) is 0 Å². The second-order valence-electron chi connectivity index (χ2n) is 3.02. The molecule has 0 aromatic carbocycles. The number of nitrogens with zero attached hydrogens (tertiary/aromatic N) is 2. The average molecular weight is 177 g/mol. The number of aryl methyl sites for hydroxylation is 1. The summed E-state index contributed by atoms with van der Waals surface area (Å²) in [6.07, 6.45) is 3.56. The van der Waals surface area contributed by atoms with E-state index in [1.54, 1.807) is 0 Å². The molecular formula is C9H11N3O. The third-order valence-corrected chi connectivity index (χ3v) is 2.11. The van der Waals surface area contributed by atoms with Gasteiger partial charge in [0, 0.05) is 6.54 Å². The first-order chi connectivity index (χ1) is 6.40. The van der Waals surface area contributed by atoms with E-state index < -0.39 is 0 Å². The van der Waals surface area contributed by atoms with Crippen LogP contribution in [0.2, 0.25) is 0 Å². The molecule has 2 heterocycles. The molecule has 0 unspecified atom stereocenters. The number of hydrogen-bond acceptors (Lipinski definition) is 4. The van der Waals surface area contributed by atoms with E-state index in [-0.39, 0.29) is 0 Å². The van der Waals surface area contributed by atoms with Crippen LogP contribution in [0.3, 0.4) is 0 Å². The van der Waals surface area contributed by atoms with Gasteiger partial charge in [-0.15, -0.1) is 0 Å². The molecule has 0 aliphatic carbocycles. The van der Waals surface area contributed by atoms with Gasteiger partial charge < -0.3 is 10.5 Å². The second kappa shape index (κ2) is 3.43. The van der Waals surface area contributed by atoms with Gasteiger partial charge in [0.15, 0.2) is 0 Å². The van der Waals surface area contributed by atoms with Crippen molar-refractivity contribution in [3.05, 3.63) is 23.4 Å². The third-order valence-electron chi connectivity index (χ3n) is 2.11. The monoisotopic (exact) mass is 177 g/mol. The minimum Gasteiger partial charge on any atom is -0.411 e. The topological polar surface area (TPSA) is 57.5 Å². The molecule has 4 nitrogen and oxygen atoms in total. The molecule has 0 bridgehead atoms. The predicted molar refractivity (Wildman–Crippen MR) is 50.4 cm³/mol. The molecule has 1 aromatic heterocycles. The summed E-state index contributed by atoms with van der Waals surface area (Å²) in [5.41, 5.74) is 1.91. The summed E-state index contributed by atoms with van der Waals surface area (Å²) in [6.45, 7) is 0.972. The maximum atomic E-state index is 8.33. The van der Waals surface area contributed by atoms with Gasteiger partial charge in [-0.05, 0) is 24.5 Å². The average Bonchev–Trinajstić information content (AvgIpc) is 2.18. The van der Waals surface area contributed by atoms with E-state index in [1.807, 2.05) is 12.1 Å². The fourth-order valence-electron chi connectivity index (χ4n) is 1.47. The van der Waals surface area contributed by atoms with Crippen molar-refractivity contribution in [2.75, 3.05) is 11.9 Å². The molecule has 13 heavy (non-hydrogen) atoms. The normalized spacial score (nSPS) is 15.4. The molecule has 0 saturated carbocycles. The molecule has 1 aliphatic heterocycles. The Bertz CT molecular complexity index is 336. The van der Waals surface area contributed by atoms with Crippen molar-refractivity contribution in [3.63, 3.8) is 0 Å². The molecule has 68 valence electrons. The first-order valence-electron chi connectivity index (χ1n) is 4.31. The Balaban J connectivity index is 2.35. The lowest BCUT2D eigenvalue weighted by atomic mass is 10.1. The smallest absolute Gasteiger partial charge is 0.129 e. The van der Waals surface area contributed by atoms with Crippen LogP contribution in [0, 0.1) is 0 Å². The SMILES string of the molecule is O/N=C/c1ccc2c(n1)NCCC2. The van der Waals surface area contributed by atoms with Crippen molar-refractivity contribution in [2.45, 2.75) is 12.8 Å². The van der Waals surface area contributed by atoms with E-state index in [0.29, 0.717) is 5.69 Å². The van der Waals surface area contributed by atoms with Crippen LogP contribution >= 0.6 is 0 Å². The minimum absolute atomic E-state index is 0.677. The zero-order valence-electron chi connectivity index (χ0n) is 7.20. The number of nitrogens with one attached hydrogen (secondary N) is 1. The Morgan fingerprint density at radius 1 is 1.54 bits per heavy atom. The lowest BCUT2D eigenvalue weighted by Gasteiger charge is -2.16. The van der Waals surface area contributed by atoms with Gasteiger partial charge in [-0.3, -0.25) is 0 Å². The number of oxime groups is 1. The van der Waals surface area contributed by atoms with E-state index in [2.05, 4.69) is 15.5 Å². The molecule has 0 atom stereocenters. The van der Waals surface area contributed by atoms with Crippen molar-refractivity contribution in [1.29, 1.82) is 0 Å². The maximum Gasteiger partial charge on any atom is 0.129 e. The van der Waals surface area contributed by atoms with Crippen LogP contribution in [0.5, 0.6) is 0 Å². The van der Waals surface area contributed by atoms with Gasteiger partial charge in [0.2, 0.25) is 0 Å². The van der Waals surface area contributed by atoms with E-state index in [9.17, 15) is 0 Å². The number of rotatable bonds is 1. The second-order valence-corrected chi connectivity index (χ2v) is 3.02. The Labute approximate surface area is 76.3 Å². The van der Waals surface area contributed by atoms with E-state index in [0.717, 1.165) is 25.2 Å². The molecule has 1 aromatic rings. The summed E-state index contributed by atoms with van der Waals surface area (Å²) in [5.74, 6) is 0.920. The van der Waals surface area contributed by atoms with Crippen molar-refractivity contribution >= 4 is 12.0 Å². The highest BCUT2D eigenvalue weighted by atomic mass is 16.4. The van der Waals surface area contributed by atoms with Gasteiger partial charge in [0.1, 0.15) is 5.82 Å². The quantitative estimate of drug-likeness (QED) is 0.385. The van der Waals surface area contributed by atoms with Crippen LogP contribution in [0.4, 0.5) is 5.82 Å². The largest absolute Gasteiger partial charge is 0.411 e.